The number of rotatable bonds is 11. The molecule has 0 radical (unpaired) electrons. The Kier molecular flexibility index (Phi) is 19.1. The molecule has 5 heterocycles. The number of hydrogen-bond acceptors (Lipinski definition) is 13. The molecule has 0 saturated carbocycles. The molecule has 13 heteroatoms. The number of nitrogens with zero attached hydrogens (tertiary/aromatic N) is 8. The van der Waals surface area contributed by atoms with Crippen molar-refractivity contribution in [1.29, 1.82) is 0 Å². The van der Waals surface area contributed by atoms with Crippen LogP contribution in [-0.4, -0.2) is 52.8 Å². The van der Waals surface area contributed by atoms with Crippen molar-refractivity contribution < 1.29 is 23.1 Å². The van der Waals surface area contributed by atoms with Crippen molar-refractivity contribution in [3.63, 3.8) is 0 Å². The van der Waals surface area contributed by atoms with E-state index in [1.165, 1.54) is 33.4 Å². The molecule has 13 nitrogen and oxygen atoms in total. The summed E-state index contributed by atoms with van der Waals surface area (Å²) < 4.78 is 22.8. The van der Waals surface area contributed by atoms with Crippen LogP contribution in [-0.2, 0) is 12.0 Å². The van der Waals surface area contributed by atoms with Gasteiger partial charge in [-0.15, -0.1) is 30.6 Å². The predicted octanol–water partition coefficient (Wildman–Crippen LogP) is 21.7. The number of hydrogen-bond donors (Lipinski definition) is 1. The molecule has 1 N–H and O–H groups in total. The molecule has 0 fully saturated rings. The fraction of sp³-hybridized carbons (Fsp3) is 0.0909. The Morgan fingerprint density at radius 3 is 1.16 bits per heavy atom. The van der Waals surface area contributed by atoms with Crippen molar-refractivity contribution in [2.24, 2.45) is 0 Å². The van der Waals surface area contributed by atoms with Crippen LogP contribution in [0.1, 0.15) is 43.3 Å². The third-order valence-electron chi connectivity index (χ3n) is 17.4. The highest BCUT2D eigenvalue weighted by molar-refractivity contribution is 6.12. The highest BCUT2D eigenvalue weighted by atomic mass is 16.5. The van der Waals surface area contributed by atoms with Crippen LogP contribution in [0.15, 0.2) is 311 Å². The van der Waals surface area contributed by atoms with Gasteiger partial charge in [-0.05, 0) is 164 Å². The molecule has 0 aliphatic carbocycles. The van der Waals surface area contributed by atoms with Crippen molar-refractivity contribution in [3.8, 4) is 108 Å². The Labute approximate surface area is 585 Å². The topological polar surface area (TPSA) is 172 Å². The minimum atomic E-state index is -0.0231. The van der Waals surface area contributed by atoms with Crippen molar-refractivity contribution in [2.75, 3.05) is 7.11 Å². The fourth-order valence-electron chi connectivity index (χ4n) is 12.2. The maximum Gasteiger partial charge on any atom is 0.248 e. The van der Waals surface area contributed by atoms with Crippen LogP contribution in [0.2, 0.25) is 0 Å². The zero-order valence-electron chi connectivity index (χ0n) is 56.7. The van der Waals surface area contributed by atoms with E-state index in [2.05, 4.69) is 211 Å². The Morgan fingerprint density at radius 2 is 0.683 bits per heavy atom. The van der Waals surface area contributed by atoms with Gasteiger partial charge in [-0.2, -0.15) is 0 Å². The molecule has 0 spiro atoms. The Hall–Kier alpha value is -12.8. The van der Waals surface area contributed by atoms with Crippen LogP contribution in [0.25, 0.3) is 145 Å². The lowest BCUT2D eigenvalue weighted by molar-refractivity contribution is 0.282. The summed E-state index contributed by atoms with van der Waals surface area (Å²) >= 11 is 0. The number of aromatic nitrogens is 8. The number of aliphatic hydroxyl groups excluding tert-OH is 1. The smallest absolute Gasteiger partial charge is 0.248 e. The summed E-state index contributed by atoms with van der Waals surface area (Å²) in [6.07, 6.45) is 0. The quantitative estimate of drug-likeness (QED) is 0.121. The molecule has 492 valence electrons. The van der Waals surface area contributed by atoms with Gasteiger partial charge in [0.05, 0.1) is 24.8 Å². The molecule has 17 aromatic rings. The molecule has 0 atom stereocenters. The molecule has 0 aliphatic heterocycles. The van der Waals surface area contributed by atoms with E-state index in [0.29, 0.717) is 35.3 Å². The Bertz CT molecular complexity index is 5420. The second-order valence-corrected chi connectivity index (χ2v) is 25.4. The average molecular weight is 1320 g/mol. The van der Waals surface area contributed by atoms with Crippen molar-refractivity contribution in [3.05, 3.63) is 320 Å². The molecule has 5 aromatic heterocycles. The zero-order valence-corrected chi connectivity index (χ0v) is 56.7. The molecule has 0 bridgehead atoms. The summed E-state index contributed by atoms with van der Waals surface area (Å²) in [5.74, 6) is 3.73. The second-order valence-electron chi connectivity index (χ2n) is 25.4. The lowest BCUT2D eigenvalue weighted by atomic mass is 9.87. The summed E-state index contributed by atoms with van der Waals surface area (Å²) in [6, 6.07) is 100.0. The summed E-state index contributed by atoms with van der Waals surface area (Å²) in [4.78, 5) is 9.81. The van der Waals surface area contributed by atoms with E-state index in [1.54, 1.807) is 7.11 Å². The molecule has 0 aliphatic rings. The SMILES string of the molecule is CC(C)(C)c1ccc(-c2nnc(-c3ccc(-c4ccccc4)cc3)o2)cc1.COc1cccc(-c2nnc(-c3cccc(CO)c3)o2)c1.Cc1cc(-c2ccccc2)c2ccc3c(-c4ccccc4)cc(C)nc3c2n1.c1ccc2c(-c3nnc(-c4cccc5ccccc45)o3)cccc2c1. The van der Waals surface area contributed by atoms with Gasteiger partial charge in [-0.3, -0.25) is 9.97 Å². The van der Waals surface area contributed by atoms with Gasteiger partial charge >= 0.3 is 0 Å². The molecule has 12 aromatic carbocycles. The zero-order chi connectivity index (χ0) is 69.2. The van der Waals surface area contributed by atoms with Gasteiger partial charge in [-0.25, -0.2) is 0 Å². The first kappa shape index (κ1) is 65.4. The molecule has 101 heavy (non-hydrogen) atoms. The third kappa shape index (κ3) is 14.7. The normalized spacial score (nSPS) is 11.2. The highest BCUT2D eigenvalue weighted by Crippen LogP contribution is 2.38. The van der Waals surface area contributed by atoms with Gasteiger partial charge in [-0.1, -0.05) is 239 Å². The minimum Gasteiger partial charge on any atom is -0.497 e. The number of methoxy groups -OCH3 is 1. The molecule has 0 saturated heterocycles. The fourth-order valence-corrected chi connectivity index (χ4v) is 12.2. The summed E-state index contributed by atoms with van der Waals surface area (Å²) in [7, 11) is 1.61. The largest absolute Gasteiger partial charge is 0.497 e. The molecule has 0 amide bonds. The van der Waals surface area contributed by atoms with Crippen LogP contribution < -0.4 is 4.74 Å². The van der Waals surface area contributed by atoms with E-state index in [9.17, 15) is 0 Å². The van der Waals surface area contributed by atoms with E-state index in [1.807, 2.05) is 152 Å². The van der Waals surface area contributed by atoms with E-state index in [4.69, 9.17) is 33.1 Å². The van der Waals surface area contributed by atoms with Gasteiger partial charge in [0.15, 0.2) is 0 Å². The lowest BCUT2D eigenvalue weighted by Gasteiger charge is -2.18. The monoisotopic (exact) mass is 1320 g/mol. The predicted molar refractivity (Wildman–Crippen MR) is 405 cm³/mol. The van der Waals surface area contributed by atoms with Crippen molar-refractivity contribution in [1.82, 2.24) is 40.6 Å². The van der Waals surface area contributed by atoms with Gasteiger partial charge in [0.25, 0.3) is 0 Å². The van der Waals surface area contributed by atoms with Gasteiger partial charge in [0, 0.05) is 55.5 Å². The molecular formula is C88H70N8O5. The molecule has 17 rings (SSSR count). The summed E-state index contributed by atoms with van der Waals surface area (Å²) in [5, 5.41) is 41.1. The van der Waals surface area contributed by atoms with Crippen LogP contribution >= 0.6 is 0 Å². The van der Waals surface area contributed by atoms with Crippen LogP contribution in [0.5, 0.6) is 5.75 Å². The number of aliphatic hydroxyl groups is 1. The standard InChI is InChI=1S/C26H20N2.C24H22N2O.C22H14N2O.C16H14N2O3/c1-17-15-23(19-9-5-3-6-10-19)21-13-14-22-24(20-11-7-4-8-12-20)16-18(2)28-26(22)25(21)27-17;1-24(2,3)21-15-13-20(14-16-21)23-26-25-22(27-23)19-11-9-18(10-12-19)17-7-5-4-6-8-17;1-3-11-17-15(7-1)9-5-13-19(17)21-23-24-22(25-21)20-14-6-10-16-8-2-4-12-18(16)20;1-20-14-7-3-6-13(9-14)16-18-17-15(21-16)12-5-2-4-11(8-12)10-19/h3-16H,1-2H3;4-16H,1-3H3;1-14H;2-9,19H,10H2,1H3. The van der Waals surface area contributed by atoms with Crippen LogP contribution in [0, 0.1) is 13.8 Å². The lowest BCUT2D eigenvalue weighted by Crippen LogP contribution is -2.10. The summed E-state index contributed by atoms with van der Waals surface area (Å²) in [5.41, 5.74) is 18.7. The van der Waals surface area contributed by atoms with Crippen LogP contribution in [0.3, 0.4) is 0 Å². The molecular weight excluding hydrogens is 1250 g/mol. The van der Waals surface area contributed by atoms with Crippen molar-refractivity contribution in [2.45, 2.75) is 46.6 Å². The third-order valence-corrected chi connectivity index (χ3v) is 17.4. The van der Waals surface area contributed by atoms with E-state index < -0.39 is 0 Å². The molecule has 0 unspecified atom stereocenters. The number of fused-ring (bicyclic) bond motifs is 5. The number of benzene rings is 12. The van der Waals surface area contributed by atoms with Gasteiger partial charge in [0.2, 0.25) is 35.3 Å². The Morgan fingerprint density at radius 1 is 0.317 bits per heavy atom. The van der Waals surface area contributed by atoms with Crippen LogP contribution in [0.4, 0.5) is 0 Å². The first-order valence-corrected chi connectivity index (χ1v) is 33.3. The van der Waals surface area contributed by atoms with E-state index >= 15 is 0 Å². The average Bonchev–Trinajstić information content (AvgIpc) is 1.37. The number of ether oxygens (including phenoxy) is 1. The number of aryl methyl sites for hydroxylation is 2. The Balaban J connectivity index is 0.000000115. The number of pyridine rings is 2. The minimum absolute atomic E-state index is 0.0231. The van der Waals surface area contributed by atoms with E-state index in [0.717, 1.165) is 105 Å². The maximum atomic E-state index is 9.17. The highest BCUT2D eigenvalue weighted by Gasteiger charge is 2.19. The van der Waals surface area contributed by atoms with E-state index in [-0.39, 0.29) is 12.0 Å². The summed E-state index contributed by atoms with van der Waals surface area (Å²) in [6.45, 7) is 10.7. The first-order chi connectivity index (χ1) is 49.4. The van der Waals surface area contributed by atoms with Gasteiger partial charge in [0.1, 0.15) is 5.75 Å². The second kappa shape index (κ2) is 29.5. The maximum absolute atomic E-state index is 9.17. The first-order valence-electron chi connectivity index (χ1n) is 33.3. The van der Waals surface area contributed by atoms with Crippen molar-refractivity contribution >= 4 is 43.4 Å². The van der Waals surface area contributed by atoms with Gasteiger partial charge < -0.3 is 23.1 Å².